The molecule has 1 heterocycles. The predicted octanol–water partition coefficient (Wildman–Crippen LogP) is 12.6. The summed E-state index contributed by atoms with van der Waals surface area (Å²) in [4.78, 5) is 4.00. The van der Waals surface area contributed by atoms with Crippen molar-refractivity contribution in [3.05, 3.63) is 206 Å². The van der Waals surface area contributed by atoms with Crippen molar-refractivity contribution in [3.8, 4) is 50.2 Å². The second-order valence-corrected chi connectivity index (χ2v) is 12.8. The van der Waals surface area contributed by atoms with Gasteiger partial charge in [-0.2, -0.15) is 4.80 Å². The van der Waals surface area contributed by atoms with Crippen LogP contribution in [0.15, 0.2) is 206 Å². The van der Waals surface area contributed by atoms with Crippen LogP contribution in [0, 0.1) is 0 Å². The zero-order valence-corrected chi connectivity index (χ0v) is 28.4. The van der Waals surface area contributed by atoms with Gasteiger partial charge in [0.05, 0.1) is 5.69 Å². The fourth-order valence-electron chi connectivity index (χ4n) is 6.73. The van der Waals surface area contributed by atoms with Gasteiger partial charge in [0.15, 0.2) is 0 Å². The Balaban J connectivity index is 1.03. The van der Waals surface area contributed by atoms with Crippen LogP contribution in [0.4, 0.5) is 17.1 Å². The maximum absolute atomic E-state index is 4.69. The molecule has 0 atom stereocenters. The first-order valence-electron chi connectivity index (χ1n) is 17.5. The summed E-state index contributed by atoms with van der Waals surface area (Å²) in [5.74, 6) is 0. The third-order valence-electron chi connectivity index (χ3n) is 9.53. The molecule has 0 N–H and O–H groups in total. The van der Waals surface area contributed by atoms with Gasteiger partial charge in [-0.1, -0.05) is 146 Å². The highest BCUT2D eigenvalue weighted by atomic mass is 15.5. The third kappa shape index (κ3) is 6.26. The molecule has 0 spiro atoms. The zero-order valence-electron chi connectivity index (χ0n) is 28.4. The Kier molecular flexibility index (Phi) is 8.16. The van der Waals surface area contributed by atoms with Crippen LogP contribution >= 0.6 is 0 Å². The van der Waals surface area contributed by atoms with Crippen molar-refractivity contribution in [2.75, 3.05) is 4.90 Å². The van der Waals surface area contributed by atoms with Gasteiger partial charge in [0.1, 0.15) is 11.0 Å². The molecule has 4 heteroatoms. The molecule has 0 aliphatic heterocycles. The van der Waals surface area contributed by atoms with Gasteiger partial charge >= 0.3 is 0 Å². The number of rotatable bonds is 8. The van der Waals surface area contributed by atoms with Crippen LogP contribution < -0.4 is 4.90 Å². The van der Waals surface area contributed by atoms with Crippen LogP contribution in [0.25, 0.3) is 61.2 Å². The largest absolute Gasteiger partial charge is 0.311 e. The lowest BCUT2D eigenvalue weighted by Gasteiger charge is -2.26. The normalized spacial score (nSPS) is 11.1. The Labute approximate surface area is 303 Å². The van der Waals surface area contributed by atoms with E-state index in [0.29, 0.717) is 0 Å². The van der Waals surface area contributed by atoms with Crippen molar-refractivity contribution in [2.45, 2.75) is 0 Å². The fraction of sp³-hybridized carbons (Fsp3) is 0. The molecule has 4 nitrogen and oxygen atoms in total. The molecule has 246 valence electrons. The maximum atomic E-state index is 4.69. The summed E-state index contributed by atoms with van der Waals surface area (Å²) < 4.78 is 0. The van der Waals surface area contributed by atoms with E-state index in [0.717, 1.165) is 33.8 Å². The topological polar surface area (TPSA) is 34.0 Å². The van der Waals surface area contributed by atoms with Crippen LogP contribution in [-0.4, -0.2) is 15.0 Å². The fourth-order valence-corrected chi connectivity index (χ4v) is 6.73. The minimum atomic E-state index is 0.873. The molecule has 0 fully saturated rings. The first kappa shape index (κ1) is 31.0. The summed E-state index contributed by atoms with van der Waals surface area (Å²) in [6, 6.07) is 72.6. The Hall–Kier alpha value is -7.04. The highest BCUT2D eigenvalue weighted by Crippen LogP contribution is 2.37. The van der Waals surface area contributed by atoms with Crippen molar-refractivity contribution in [1.82, 2.24) is 15.0 Å². The molecule has 0 radical (unpaired) electrons. The minimum Gasteiger partial charge on any atom is -0.311 e. The van der Waals surface area contributed by atoms with E-state index in [4.69, 9.17) is 0 Å². The maximum Gasteiger partial charge on any atom is 0.113 e. The van der Waals surface area contributed by atoms with E-state index in [-0.39, 0.29) is 0 Å². The lowest BCUT2D eigenvalue weighted by Crippen LogP contribution is -2.10. The van der Waals surface area contributed by atoms with Gasteiger partial charge in [0.25, 0.3) is 0 Å². The van der Waals surface area contributed by atoms with E-state index in [1.165, 1.54) is 44.5 Å². The molecule has 8 aromatic carbocycles. The highest BCUT2D eigenvalue weighted by molar-refractivity contribution is 5.81. The molecule has 0 bridgehead atoms. The average molecular weight is 667 g/mol. The van der Waals surface area contributed by atoms with Crippen molar-refractivity contribution in [3.63, 3.8) is 0 Å². The summed E-state index contributed by atoms with van der Waals surface area (Å²) in [6.07, 6.45) is 0. The number of benzene rings is 8. The molecule has 0 aliphatic carbocycles. The lowest BCUT2D eigenvalue weighted by atomic mass is 9.99. The zero-order chi connectivity index (χ0) is 34.7. The molecule has 9 aromatic rings. The van der Waals surface area contributed by atoms with E-state index in [9.17, 15) is 0 Å². The number of fused-ring (bicyclic) bond motifs is 1. The Bertz CT molecular complexity index is 2400. The van der Waals surface area contributed by atoms with Crippen LogP contribution in [0.1, 0.15) is 0 Å². The standard InChI is InChI=1S/C48H34N4/c1-3-9-35(10-4-1)37-15-19-39(20-16-37)41-23-27-43(28-24-41)51(45-31-33-46(34-32-45)52-49-47-13-7-8-14-48(47)50-52)44-29-25-42(26-30-44)40-21-17-38(18-22-40)36-11-5-2-6-12-36/h1-34H. The Morgan fingerprint density at radius 2 is 0.538 bits per heavy atom. The molecule has 0 saturated heterocycles. The molecule has 1 aromatic heterocycles. The summed E-state index contributed by atoms with van der Waals surface area (Å²) >= 11 is 0. The van der Waals surface area contributed by atoms with E-state index >= 15 is 0 Å². The summed E-state index contributed by atoms with van der Waals surface area (Å²) in [5.41, 5.74) is 15.4. The first-order valence-corrected chi connectivity index (χ1v) is 17.5. The summed E-state index contributed by atoms with van der Waals surface area (Å²) in [5, 5.41) is 9.38. The highest BCUT2D eigenvalue weighted by Gasteiger charge is 2.15. The van der Waals surface area contributed by atoms with Gasteiger partial charge in [-0.05, 0) is 105 Å². The summed E-state index contributed by atoms with van der Waals surface area (Å²) in [6.45, 7) is 0. The van der Waals surface area contributed by atoms with Gasteiger partial charge in [0, 0.05) is 17.1 Å². The van der Waals surface area contributed by atoms with Gasteiger partial charge < -0.3 is 4.90 Å². The number of hydrogen-bond acceptors (Lipinski definition) is 3. The van der Waals surface area contributed by atoms with Crippen molar-refractivity contribution in [2.24, 2.45) is 0 Å². The monoisotopic (exact) mass is 666 g/mol. The predicted molar refractivity (Wildman–Crippen MR) is 215 cm³/mol. The van der Waals surface area contributed by atoms with Crippen molar-refractivity contribution in [1.29, 1.82) is 0 Å². The number of hydrogen-bond donors (Lipinski definition) is 0. The number of aromatic nitrogens is 3. The van der Waals surface area contributed by atoms with E-state index < -0.39 is 0 Å². The van der Waals surface area contributed by atoms with Crippen molar-refractivity contribution < 1.29 is 0 Å². The number of nitrogens with zero attached hydrogens (tertiary/aromatic N) is 4. The SMILES string of the molecule is c1ccc(-c2ccc(-c3ccc(N(c4ccc(-c5ccc(-c6ccccc6)cc5)cc4)c4ccc(-n5nc6ccccc6n5)cc4)cc3)cc2)cc1. The average Bonchev–Trinajstić information content (AvgIpc) is 3.67. The van der Waals surface area contributed by atoms with Crippen LogP contribution in [-0.2, 0) is 0 Å². The second kappa shape index (κ2) is 13.7. The van der Waals surface area contributed by atoms with E-state index in [1.807, 2.05) is 24.3 Å². The Morgan fingerprint density at radius 1 is 0.269 bits per heavy atom. The van der Waals surface area contributed by atoms with Gasteiger partial charge in [-0.3, -0.25) is 0 Å². The minimum absolute atomic E-state index is 0.873. The van der Waals surface area contributed by atoms with Crippen molar-refractivity contribution >= 4 is 28.1 Å². The first-order chi connectivity index (χ1) is 25.7. The number of anilines is 3. The molecule has 0 saturated carbocycles. The molecular formula is C48H34N4. The van der Waals surface area contributed by atoms with Crippen LogP contribution in [0.2, 0.25) is 0 Å². The molecule has 0 amide bonds. The second-order valence-electron chi connectivity index (χ2n) is 12.8. The van der Waals surface area contributed by atoms with E-state index in [2.05, 4.69) is 197 Å². The molecule has 52 heavy (non-hydrogen) atoms. The molecular weight excluding hydrogens is 633 g/mol. The van der Waals surface area contributed by atoms with Gasteiger partial charge in [0.2, 0.25) is 0 Å². The van der Waals surface area contributed by atoms with E-state index in [1.54, 1.807) is 4.80 Å². The Morgan fingerprint density at radius 3 is 0.885 bits per heavy atom. The molecule has 0 unspecified atom stereocenters. The smallest absolute Gasteiger partial charge is 0.113 e. The van der Waals surface area contributed by atoms with Crippen LogP contribution in [0.3, 0.4) is 0 Å². The third-order valence-corrected chi connectivity index (χ3v) is 9.53. The summed E-state index contributed by atoms with van der Waals surface area (Å²) in [7, 11) is 0. The van der Waals surface area contributed by atoms with Crippen LogP contribution in [0.5, 0.6) is 0 Å². The van der Waals surface area contributed by atoms with Gasteiger partial charge in [-0.15, -0.1) is 10.2 Å². The van der Waals surface area contributed by atoms with Gasteiger partial charge in [-0.25, -0.2) is 0 Å². The lowest BCUT2D eigenvalue weighted by molar-refractivity contribution is 0.766. The molecule has 9 rings (SSSR count). The quantitative estimate of drug-likeness (QED) is 0.162. The molecule has 0 aliphatic rings.